The van der Waals surface area contributed by atoms with Crippen molar-refractivity contribution in [2.45, 2.75) is 109 Å². The van der Waals surface area contributed by atoms with E-state index in [-0.39, 0.29) is 11.9 Å². The van der Waals surface area contributed by atoms with E-state index in [2.05, 4.69) is 51.0 Å². The number of unbranched alkanes of at least 4 members (excludes halogenated alkanes) is 1. The second-order valence-corrected chi connectivity index (χ2v) is 14.1. The number of rotatable bonds is 10. The molecule has 40 heavy (non-hydrogen) atoms. The maximum atomic E-state index is 15.5. The Kier molecular flexibility index (Phi) is 9.65. The molecule has 3 atom stereocenters. The number of alkyl halides is 1. The number of aromatic nitrogens is 2. The van der Waals surface area contributed by atoms with Crippen LogP contribution < -0.4 is 5.32 Å². The summed E-state index contributed by atoms with van der Waals surface area (Å²) in [4.78, 5) is 25.4. The monoisotopic (exact) mass is 662 g/mol. The summed E-state index contributed by atoms with van der Waals surface area (Å²) in [6.45, 7) is 7.96. The predicted molar refractivity (Wildman–Crippen MR) is 165 cm³/mol. The third-order valence-corrected chi connectivity index (χ3v) is 9.17. The van der Waals surface area contributed by atoms with Gasteiger partial charge in [-0.2, -0.15) is 0 Å². The summed E-state index contributed by atoms with van der Waals surface area (Å²) in [5.74, 6) is 1.10. The first-order valence-electron chi connectivity index (χ1n) is 15.2. The number of carbonyl (C=O) groups is 1. The minimum absolute atomic E-state index is 0.0705. The first kappa shape index (κ1) is 29.7. The van der Waals surface area contributed by atoms with Crippen molar-refractivity contribution in [3.63, 3.8) is 0 Å². The lowest BCUT2D eigenvalue weighted by Gasteiger charge is -2.34. The van der Waals surface area contributed by atoms with Crippen molar-refractivity contribution in [2.24, 2.45) is 5.92 Å². The number of ether oxygens (including phenoxy) is 1. The molecule has 8 heteroatoms. The lowest BCUT2D eigenvalue weighted by molar-refractivity contribution is -0.161. The third-order valence-electron chi connectivity index (χ3n) is 8.58. The van der Waals surface area contributed by atoms with Gasteiger partial charge in [-0.05, 0) is 119 Å². The number of esters is 1. The second kappa shape index (κ2) is 13.0. The highest BCUT2D eigenvalue weighted by molar-refractivity contribution is 14.1. The highest BCUT2D eigenvalue weighted by Gasteiger charge is 2.41. The lowest BCUT2D eigenvalue weighted by Crippen LogP contribution is -2.38. The average molecular weight is 663 g/mol. The molecule has 3 aliphatic rings. The summed E-state index contributed by atoms with van der Waals surface area (Å²) in [5, 5.41) is 3.40. The van der Waals surface area contributed by atoms with Gasteiger partial charge in [0.15, 0.2) is 0 Å². The van der Waals surface area contributed by atoms with Crippen molar-refractivity contribution in [3.8, 4) is 0 Å². The van der Waals surface area contributed by atoms with Crippen molar-refractivity contribution in [1.29, 1.82) is 0 Å². The summed E-state index contributed by atoms with van der Waals surface area (Å²) in [7, 11) is 0. The third kappa shape index (κ3) is 7.33. The topological polar surface area (TPSA) is 67.3 Å². The van der Waals surface area contributed by atoms with Crippen LogP contribution in [0.25, 0.3) is 0 Å². The van der Waals surface area contributed by atoms with E-state index in [0.29, 0.717) is 25.4 Å². The Labute approximate surface area is 252 Å². The van der Waals surface area contributed by atoms with Crippen LogP contribution in [0.5, 0.6) is 0 Å². The van der Waals surface area contributed by atoms with Crippen molar-refractivity contribution in [2.75, 3.05) is 25.0 Å². The molecule has 2 aromatic heterocycles. The Bertz CT molecular complexity index is 1180. The highest BCUT2D eigenvalue weighted by Crippen LogP contribution is 2.42. The van der Waals surface area contributed by atoms with Crippen LogP contribution in [0.1, 0.15) is 107 Å². The Hall–Kier alpha value is -1.81. The first-order chi connectivity index (χ1) is 19.2. The quantitative estimate of drug-likeness (QED) is 0.166. The summed E-state index contributed by atoms with van der Waals surface area (Å²) in [5.41, 5.74) is 3.77. The average Bonchev–Trinajstić information content (AvgIpc) is 3.36. The number of halogens is 2. The van der Waals surface area contributed by atoms with Crippen LogP contribution in [-0.4, -0.2) is 52.2 Å². The molecule has 1 saturated carbocycles. The molecule has 1 N–H and O–H groups in total. The van der Waals surface area contributed by atoms with E-state index in [1.807, 2.05) is 27.0 Å². The zero-order valence-corrected chi connectivity index (χ0v) is 26.4. The molecule has 2 aliphatic heterocycles. The molecule has 4 heterocycles. The first-order valence-corrected chi connectivity index (χ1v) is 16.2. The van der Waals surface area contributed by atoms with Gasteiger partial charge in [0, 0.05) is 51.6 Å². The Morgan fingerprint density at radius 1 is 1.23 bits per heavy atom. The Morgan fingerprint density at radius 2 is 2.05 bits per heavy atom. The van der Waals surface area contributed by atoms with Crippen molar-refractivity contribution in [1.82, 2.24) is 14.9 Å². The van der Waals surface area contributed by atoms with Gasteiger partial charge in [0.2, 0.25) is 0 Å². The normalized spacial score (nSPS) is 21.3. The van der Waals surface area contributed by atoms with Crippen LogP contribution in [0.4, 0.5) is 10.2 Å². The van der Waals surface area contributed by atoms with E-state index >= 15 is 4.39 Å². The number of aryl methyl sites for hydroxylation is 2. The van der Waals surface area contributed by atoms with Crippen molar-refractivity contribution < 1.29 is 13.9 Å². The fourth-order valence-electron chi connectivity index (χ4n) is 6.27. The molecule has 0 bridgehead atoms. The maximum absolute atomic E-state index is 15.5. The standard InChI is InChI=1S/C32H44FIN4O2/c1-32(2,3)40-31(39)29(26-18-24(34)19-36-28(26)21-8-6-9-21)38-17-15-23(20-38)27(33)12-5-4-11-25-14-13-22-10-7-16-35-30(22)37-25/h13-14,18-19,21,23,27,29H,4-12,15-17,20H2,1-3H3,(H,35,37)/t23-,27?,29?/m1/s1. The van der Waals surface area contributed by atoms with Gasteiger partial charge in [0.1, 0.15) is 23.6 Å². The van der Waals surface area contributed by atoms with Crippen LogP contribution in [0.15, 0.2) is 24.4 Å². The molecule has 218 valence electrons. The van der Waals surface area contributed by atoms with Crippen LogP contribution in [0.2, 0.25) is 0 Å². The summed E-state index contributed by atoms with van der Waals surface area (Å²) < 4.78 is 22.5. The summed E-state index contributed by atoms with van der Waals surface area (Å²) in [6, 6.07) is 5.87. The van der Waals surface area contributed by atoms with Gasteiger partial charge in [-0.15, -0.1) is 0 Å². The molecule has 5 rings (SSSR count). The van der Waals surface area contributed by atoms with Gasteiger partial charge in [0.25, 0.3) is 0 Å². The number of likely N-dealkylation sites (tertiary alicyclic amines) is 1. The number of hydrogen-bond donors (Lipinski definition) is 1. The van der Waals surface area contributed by atoms with E-state index < -0.39 is 17.8 Å². The zero-order valence-electron chi connectivity index (χ0n) is 24.2. The Morgan fingerprint density at radius 3 is 2.80 bits per heavy atom. The number of carbonyl (C=O) groups excluding carboxylic acids is 1. The number of fused-ring (bicyclic) bond motifs is 1. The molecule has 6 nitrogen and oxygen atoms in total. The van der Waals surface area contributed by atoms with Crippen molar-refractivity contribution in [3.05, 3.63) is 50.5 Å². The number of hydrogen-bond acceptors (Lipinski definition) is 6. The molecule has 0 spiro atoms. The van der Waals surface area contributed by atoms with E-state index in [1.165, 1.54) is 12.0 Å². The molecular formula is C32H44FIN4O2. The molecule has 0 aromatic carbocycles. The molecule has 2 unspecified atom stereocenters. The molecular weight excluding hydrogens is 618 g/mol. The van der Waals surface area contributed by atoms with Gasteiger partial charge in [-0.1, -0.05) is 18.9 Å². The van der Waals surface area contributed by atoms with Gasteiger partial charge in [0.05, 0.1) is 0 Å². The summed E-state index contributed by atoms with van der Waals surface area (Å²) >= 11 is 2.27. The highest BCUT2D eigenvalue weighted by atomic mass is 127. The molecule has 1 saturated heterocycles. The largest absolute Gasteiger partial charge is 0.459 e. The predicted octanol–water partition coefficient (Wildman–Crippen LogP) is 7.16. The number of anilines is 1. The van der Waals surface area contributed by atoms with Gasteiger partial charge >= 0.3 is 5.97 Å². The van der Waals surface area contributed by atoms with E-state index in [0.717, 1.165) is 84.3 Å². The molecule has 0 amide bonds. The van der Waals surface area contributed by atoms with E-state index in [9.17, 15) is 4.79 Å². The fourth-order valence-corrected chi connectivity index (χ4v) is 6.75. The summed E-state index contributed by atoms with van der Waals surface area (Å²) in [6.07, 6.45) is 10.6. The van der Waals surface area contributed by atoms with Crippen LogP contribution in [0.3, 0.4) is 0 Å². The SMILES string of the molecule is CC(C)(C)OC(=O)C(c1cc(I)cnc1C1CCC1)N1CC[C@@H](C(F)CCCCc2ccc3c(n2)NCCC3)C1. The van der Waals surface area contributed by atoms with E-state index in [4.69, 9.17) is 14.7 Å². The molecule has 2 aromatic rings. The number of nitrogens with one attached hydrogen (secondary N) is 1. The van der Waals surface area contributed by atoms with Gasteiger partial charge in [-0.3, -0.25) is 9.88 Å². The smallest absolute Gasteiger partial charge is 0.328 e. The van der Waals surface area contributed by atoms with Gasteiger partial charge < -0.3 is 10.1 Å². The second-order valence-electron chi connectivity index (χ2n) is 12.8. The van der Waals surface area contributed by atoms with Crippen LogP contribution in [0, 0.1) is 9.49 Å². The Balaban J connectivity index is 1.21. The minimum Gasteiger partial charge on any atom is -0.459 e. The molecule has 2 fully saturated rings. The lowest BCUT2D eigenvalue weighted by atomic mass is 9.80. The van der Waals surface area contributed by atoms with Crippen LogP contribution in [-0.2, 0) is 22.4 Å². The number of nitrogens with zero attached hydrogens (tertiary/aromatic N) is 3. The molecule has 0 radical (unpaired) electrons. The zero-order chi connectivity index (χ0) is 28.3. The molecule has 1 aliphatic carbocycles. The van der Waals surface area contributed by atoms with Gasteiger partial charge in [-0.25, -0.2) is 14.2 Å². The maximum Gasteiger partial charge on any atom is 0.328 e. The minimum atomic E-state index is -0.873. The number of pyridine rings is 2. The van der Waals surface area contributed by atoms with Crippen molar-refractivity contribution >= 4 is 34.4 Å². The fraction of sp³-hybridized carbons (Fsp3) is 0.656. The van der Waals surface area contributed by atoms with E-state index in [1.54, 1.807) is 0 Å². The van der Waals surface area contributed by atoms with Crippen LogP contribution >= 0.6 is 22.6 Å².